The van der Waals surface area contributed by atoms with Gasteiger partial charge in [-0.15, -0.1) is 0 Å². The Kier molecular flexibility index (Phi) is 5.31. The van der Waals surface area contributed by atoms with Crippen LogP contribution in [0.1, 0.15) is 41.0 Å². The molecule has 0 aliphatic heterocycles. The Morgan fingerprint density at radius 1 is 1.08 bits per heavy atom. The van der Waals surface area contributed by atoms with Crippen molar-refractivity contribution >= 4 is 8.07 Å². The van der Waals surface area contributed by atoms with E-state index in [9.17, 15) is 0 Å². The first-order chi connectivity index (χ1) is 6.02. The van der Waals surface area contributed by atoms with Crippen LogP contribution in [0.25, 0.3) is 0 Å². The predicted molar refractivity (Wildman–Crippen MR) is 65.6 cm³/mol. The lowest BCUT2D eigenvalue weighted by Gasteiger charge is -2.29. The smallest absolute Gasteiger partial charge is 0.0922 e. The molecule has 0 saturated carbocycles. The lowest BCUT2D eigenvalue weighted by molar-refractivity contribution is 1.04. The van der Waals surface area contributed by atoms with Gasteiger partial charge in [-0.3, -0.25) is 0 Å². The zero-order valence-corrected chi connectivity index (χ0v) is 11.1. The van der Waals surface area contributed by atoms with E-state index in [1.54, 1.807) is 10.4 Å². The fourth-order valence-corrected chi connectivity index (χ4v) is 5.53. The van der Waals surface area contributed by atoms with Crippen molar-refractivity contribution in [2.75, 3.05) is 0 Å². The van der Waals surface area contributed by atoms with Gasteiger partial charge in [0.15, 0.2) is 0 Å². The van der Waals surface area contributed by atoms with E-state index in [2.05, 4.69) is 53.3 Å². The summed E-state index contributed by atoms with van der Waals surface area (Å²) in [5.74, 6) is 0. The van der Waals surface area contributed by atoms with Crippen molar-refractivity contribution in [1.82, 2.24) is 0 Å². The van der Waals surface area contributed by atoms with Crippen molar-refractivity contribution in [1.29, 1.82) is 0 Å². The van der Waals surface area contributed by atoms with Gasteiger partial charge in [-0.1, -0.05) is 48.5 Å². The summed E-state index contributed by atoms with van der Waals surface area (Å²) >= 11 is 0. The normalized spacial score (nSPS) is 18.6. The van der Waals surface area contributed by atoms with Crippen molar-refractivity contribution in [3.8, 4) is 0 Å². The highest BCUT2D eigenvalue weighted by atomic mass is 28.3. The molecule has 0 bridgehead atoms. The van der Waals surface area contributed by atoms with Crippen molar-refractivity contribution in [2.24, 2.45) is 0 Å². The summed E-state index contributed by atoms with van der Waals surface area (Å²) in [6.45, 7) is 13.7. The Bertz CT molecular complexity index is 193. The second-order valence-corrected chi connectivity index (χ2v) is 8.77. The fraction of sp³-hybridized carbons (Fsp3) is 0.667. The third kappa shape index (κ3) is 2.83. The van der Waals surface area contributed by atoms with Crippen LogP contribution < -0.4 is 0 Å². The summed E-state index contributed by atoms with van der Waals surface area (Å²) in [5.41, 5.74) is 0. The Labute approximate surface area is 84.8 Å². The minimum Gasteiger partial charge on any atom is -0.0922 e. The zero-order chi connectivity index (χ0) is 10.5. The van der Waals surface area contributed by atoms with Crippen LogP contribution in [0.4, 0.5) is 0 Å². The average molecular weight is 196 g/mol. The van der Waals surface area contributed by atoms with Crippen LogP contribution in [0, 0.1) is 0 Å². The molecule has 1 heteroatoms. The molecule has 0 atom stereocenters. The summed E-state index contributed by atoms with van der Waals surface area (Å²) in [7, 11) is -1.23. The second kappa shape index (κ2) is 5.43. The van der Waals surface area contributed by atoms with Crippen molar-refractivity contribution in [3.05, 3.63) is 22.5 Å². The number of allylic oxidation sites excluding steroid dienone is 4. The maximum absolute atomic E-state index is 2.49. The van der Waals surface area contributed by atoms with Gasteiger partial charge in [0.25, 0.3) is 0 Å². The molecule has 0 spiro atoms. The molecule has 13 heavy (non-hydrogen) atoms. The van der Waals surface area contributed by atoms with E-state index in [4.69, 9.17) is 0 Å². The molecule has 0 rings (SSSR count). The highest BCUT2D eigenvalue weighted by molar-refractivity contribution is 6.91. The van der Waals surface area contributed by atoms with E-state index in [0.29, 0.717) is 0 Å². The van der Waals surface area contributed by atoms with Gasteiger partial charge < -0.3 is 0 Å². The topological polar surface area (TPSA) is 0 Å². The molecule has 0 saturated heterocycles. The van der Waals surface area contributed by atoms with Gasteiger partial charge in [-0.05, 0) is 27.7 Å². The third-order valence-corrected chi connectivity index (χ3v) is 8.92. The van der Waals surface area contributed by atoms with Crippen molar-refractivity contribution in [3.63, 3.8) is 0 Å². The Morgan fingerprint density at radius 2 is 1.46 bits per heavy atom. The highest BCUT2D eigenvalue weighted by Gasteiger charge is 2.28. The van der Waals surface area contributed by atoms with Crippen LogP contribution in [0.5, 0.6) is 0 Å². The Morgan fingerprint density at radius 3 is 1.69 bits per heavy atom. The summed E-state index contributed by atoms with van der Waals surface area (Å²) in [4.78, 5) is 0. The van der Waals surface area contributed by atoms with Crippen LogP contribution in [0.3, 0.4) is 0 Å². The zero-order valence-electron chi connectivity index (χ0n) is 10.1. The quantitative estimate of drug-likeness (QED) is 0.581. The van der Waals surface area contributed by atoms with E-state index >= 15 is 0 Å². The summed E-state index contributed by atoms with van der Waals surface area (Å²) in [6.07, 6.45) is 5.91. The molecule has 76 valence electrons. The molecule has 0 heterocycles. The summed E-state index contributed by atoms with van der Waals surface area (Å²) in [5, 5.41) is 3.26. The monoisotopic (exact) mass is 196 g/mol. The van der Waals surface area contributed by atoms with Gasteiger partial charge in [0.05, 0.1) is 0 Å². The van der Waals surface area contributed by atoms with Gasteiger partial charge in [-0.25, -0.2) is 0 Å². The van der Waals surface area contributed by atoms with E-state index in [1.807, 2.05) is 0 Å². The molecule has 0 radical (unpaired) electrons. The fourth-order valence-electron chi connectivity index (χ4n) is 1.84. The maximum Gasteiger partial charge on any atom is 0.104 e. The highest BCUT2D eigenvalue weighted by Crippen LogP contribution is 2.28. The van der Waals surface area contributed by atoms with Crippen molar-refractivity contribution < 1.29 is 0 Å². The van der Waals surface area contributed by atoms with Gasteiger partial charge in [-0.2, -0.15) is 0 Å². The molecule has 0 aromatic heterocycles. The standard InChI is InChI=1S/C12H24Si/c1-7-10-13(6,11(4)8-2)12(5)9-3/h8-9H,7,10H2,1-6H3. The van der Waals surface area contributed by atoms with Crippen LogP contribution in [-0.2, 0) is 0 Å². The van der Waals surface area contributed by atoms with Crippen LogP contribution in [0.2, 0.25) is 12.6 Å². The first kappa shape index (κ1) is 12.7. The summed E-state index contributed by atoms with van der Waals surface area (Å²) in [6, 6.07) is 1.39. The molecule has 0 aromatic carbocycles. The van der Waals surface area contributed by atoms with E-state index in [-0.39, 0.29) is 0 Å². The number of hydrogen-bond acceptors (Lipinski definition) is 0. The van der Waals surface area contributed by atoms with Crippen molar-refractivity contribution in [2.45, 2.75) is 53.6 Å². The second-order valence-electron chi connectivity index (χ2n) is 4.03. The van der Waals surface area contributed by atoms with E-state index in [1.165, 1.54) is 12.5 Å². The van der Waals surface area contributed by atoms with Gasteiger partial charge in [0, 0.05) is 0 Å². The first-order valence-electron chi connectivity index (χ1n) is 5.29. The Balaban J connectivity index is 4.94. The molecule has 0 unspecified atom stereocenters. The summed E-state index contributed by atoms with van der Waals surface area (Å²) < 4.78 is 0. The van der Waals surface area contributed by atoms with Crippen LogP contribution in [0.15, 0.2) is 22.5 Å². The van der Waals surface area contributed by atoms with Gasteiger partial charge in [0.2, 0.25) is 0 Å². The lowest BCUT2D eigenvalue weighted by atomic mass is 10.5. The molecule has 0 aromatic rings. The molecule has 0 aliphatic carbocycles. The minimum atomic E-state index is -1.23. The predicted octanol–water partition coefficient (Wildman–Crippen LogP) is 4.49. The molecule has 0 nitrogen and oxygen atoms in total. The Hall–Kier alpha value is -0.303. The van der Waals surface area contributed by atoms with E-state index in [0.717, 1.165) is 0 Å². The third-order valence-electron chi connectivity index (χ3n) is 3.36. The van der Waals surface area contributed by atoms with Crippen LogP contribution in [-0.4, -0.2) is 8.07 Å². The van der Waals surface area contributed by atoms with E-state index < -0.39 is 8.07 Å². The molecular weight excluding hydrogens is 172 g/mol. The SMILES string of the molecule is CC=C(C)[Si](C)(CCC)C(C)=CC. The first-order valence-corrected chi connectivity index (χ1v) is 8.00. The van der Waals surface area contributed by atoms with Gasteiger partial charge in [0.1, 0.15) is 8.07 Å². The molecule has 0 aliphatic rings. The van der Waals surface area contributed by atoms with Gasteiger partial charge >= 0.3 is 0 Å². The number of hydrogen-bond donors (Lipinski definition) is 0. The largest absolute Gasteiger partial charge is 0.104 e. The lowest BCUT2D eigenvalue weighted by Crippen LogP contribution is -2.34. The minimum absolute atomic E-state index is 1.23. The number of rotatable bonds is 4. The molecular formula is C12H24Si. The molecule has 0 N–H and O–H groups in total. The molecule has 0 amide bonds. The maximum atomic E-state index is 2.49. The average Bonchev–Trinajstić information content (AvgIpc) is 2.15. The van der Waals surface area contributed by atoms with Crippen LogP contribution >= 0.6 is 0 Å². The molecule has 0 fully saturated rings.